The summed E-state index contributed by atoms with van der Waals surface area (Å²) in [6.45, 7) is 0. The Hall–Kier alpha value is -2.98. The molecule has 0 radical (unpaired) electrons. The number of hydrogen-bond acceptors (Lipinski definition) is 6. The van der Waals surface area contributed by atoms with Crippen molar-refractivity contribution in [1.82, 2.24) is 4.72 Å². The second-order valence-corrected chi connectivity index (χ2v) is 9.00. The summed E-state index contributed by atoms with van der Waals surface area (Å²) in [5.41, 5.74) is 0.613. The lowest BCUT2D eigenvalue weighted by Crippen LogP contribution is -2.25. The Morgan fingerprint density at radius 3 is 2.41 bits per heavy atom. The van der Waals surface area contributed by atoms with Crippen molar-refractivity contribution in [2.45, 2.75) is 42.7 Å². The van der Waals surface area contributed by atoms with E-state index in [-0.39, 0.29) is 33.9 Å². The zero-order chi connectivity index (χ0) is 20.6. The molecular formula is C19H20N4O5S. The third kappa shape index (κ3) is 4.72. The van der Waals surface area contributed by atoms with Crippen LogP contribution in [0.15, 0.2) is 47.4 Å². The number of carbonyl (C=O) groups is 1. The van der Waals surface area contributed by atoms with Gasteiger partial charge in [0.25, 0.3) is 11.6 Å². The minimum Gasteiger partial charge on any atom is -0.377 e. The summed E-state index contributed by atoms with van der Waals surface area (Å²) in [7, 11) is -3.65. The average Bonchev–Trinajstić information content (AvgIpc) is 3.59. The van der Waals surface area contributed by atoms with Crippen molar-refractivity contribution in [3.63, 3.8) is 0 Å². The van der Waals surface area contributed by atoms with Crippen molar-refractivity contribution in [2.24, 2.45) is 0 Å². The maximum Gasteiger partial charge on any atom is 0.293 e. The van der Waals surface area contributed by atoms with E-state index in [1.807, 2.05) is 0 Å². The first kappa shape index (κ1) is 19.3. The SMILES string of the molecule is O=C(Nc1cccc(S(=O)(=O)NC2CC2)c1)c1ccc(NC2CC2)c([N+](=O)[O-])c1. The number of rotatable bonds is 8. The molecule has 152 valence electrons. The van der Waals surface area contributed by atoms with Gasteiger partial charge in [0.15, 0.2) is 0 Å². The minimum absolute atomic E-state index is 0.0263. The summed E-state index contributed by atoms with van der Waals surface area (Å²) >= 11 is 0. The molecule has 2 aliphatic carbocycles. The molecule has 2 fully saturated rings. The van der Waals surface area contributed by atoms with Crippen molar-refractivity contribution >= 4 is 33.0 Å². The van der Waals surface area contributed by atoms with E-state index in [1.54, 1.807) is 6.07 Å². The molecule has 0 spiro atoms. The van der Waals surface area contributed by atoms with Crippen LogP contribution in [-0.2, 0) is 10.0 Å². The van der Waals surface area contributed by atoms with E-state index in [9.17, 15) is 23.3 Å². The number of benzene rings is 2. The first-order chi connectivity index (χ1) is 13.8. The largest absolute Gasteiger partial charge is 0.377 e. The molecule has 0 atom stereocenters. The maximum atomic E-state index is 12.6. The Kier molecular flexibility index (Phi) is 4.97. The number of nitro groups is 1. The van der Waals surface area contributed by atoms with Gasteiger partial charge in [-0.1, -0.05) is 6.07 Å². The predicted molar refractivity (Wildman–Crippen MR) is 107 cm³/mol. The first-order valence-electron chi connectivity index (χ1n) is 9.30. The summed E-state index contributed by atoms with van der Waals surface area (Å²) in [4.78, 5) is 23.5. The topological polar surface area (TPSA) is 130 Å². The van der Waals surface area contributed by atoms with Gasteiger partial charge >= 0.3 is 0 Å². The Labute approximate surface area is 167 Å². The van der Waals surface area contributed by atoms with Gasteiger partial charge in [-0.3, -0.25) is 14.9 Å². The van der Waals surface area contributed by atoms with E-state index in [1.165, 1.54) is 36.4 Å². The number of sulfonamides is 1. The number of nitro benzene ring substituents is 1. The lowest BCUT2D eigenvalue weighted by molar-refractivity contribution is -0.384. The molecule has 2 aliphatic rings. The summed E-state index contributed by atoms with van der Waals surface area (Å²) < 4.78 is 27.3. The fraction of sp³-hybridized carbons (Fsp3) is 0.316. The molecular weight excluding hydrogens is 396 g/mol. The smallest absolute Gasteiger partial charge is 0.293 e. The van der Waals surface area contributed by atoms with Crippen molar-refractivity contribution in [3.8, 4) is 0 Å². The number of hydrogen-bond donors (Lipinski definition) is 3. The fourth-order valence-electron chi connectivity index (χ4n) is 2.83. The molecule has 9 nitrogen and oxygen atoms in total. The van der Waals surface area contributed by atoms with Gasteiger partial charge in [0.1, 0.15) is 5.69 Å². The molecule has 1 amide bonds. The van der Waals surface area contributed by atoms with Crippen LogP contribution < -0.4 is 15.4 Å². The second kappa shape index (κ2) is 7.45. The molecule has 0 bridgehead atoms. The monoisotopic (exact) mass is 416 g/mol. The molecule has 2 saturated carbocycles. The highest BCUT2D eigenvalue weighted by Crippen LogP contribution is 2.32. The standard InChI is InChI=1S/C19H20N4O5S/c24-19(12-4-9-17(20-13-5-6-13)18(10-12)23(25)26)21-15-2-1-3-16(11-15)29(27,28)22-14-7-8-14/h1-4,9-11,13-14,20,22H,5-8H2,(H,21,24). The molecule has 0 heterocycles. The molecule has 0 aromatic heterocycles. The Bertz CT molecular complexity index is 1080. The van der Waals surface area contributed by atoms with E-state index in [0.717, 1.165) is 25.7 Å². The predicted octanol–water partition coefficient (Wildman–Crippen LogP) is 2.86. The number of amides is 1. The van der Waals surface area contributed by atoms with E-state index >= 15 is 0 Å². The van der Waals surface area contributed by atoms with Crippen LogP contribution in [0.25, 0.3) is 0 Å². The Balaban J connectivity index is 1.52. The third-order valence-corrected chi connectivity index (χ3v) is 6.21. The molecule has 0 aliphatic heterocycles. The molecule has 3 N–H and O–H groups in total. The summed E-state index contributed by atoms with van der Waals surface area (Å²) in [5.74, 6) is -0.559. The average molecular weight is 416 g/mol. The number of carbonyl (C=O) groups excluding carboxylic acids is 1. The van der Waals surface area contributed by atoms with Crippen LogP contribution in [0, 0.1) is 10.1 Å². The van der Waals surface area contributed by atoms with Crippen LogP contribution in [0.4, 0.5) is 17.1 Å². The molecule has 0 unspecified atom stereocenters. The van der Waals surface area contributed by atoms with Gasteiger partial charge in [0, 0.05) is 29.4 Å². The van der Waals surface area contributed by atoms with Gasteiger partial charge in [0.05, 0.1) is 9.82 Å². The fourth-order valence-corrected chi connectivity index (χ4v) is 4.18. The van der Waals surface area contributed by atoms with Gasteiger partial charge < -0.3 is 10.6 Å². The van der Waals surface area contributed by atoms with E-state index in [0.29, 0.717) is 5.69 Å². The van der Waals surface area contributed by atoms with Crippen LogP contribution in [0.3, 0.4) is 0 Å². The zero-order valence-electron chi connectivity index (χ0n) is 15.4. The quantitative estimate of drug-likeness (QED) is 0.448. The molecule has 2 aromatic carbocycles. The summed E-state index contributed by atoms with van der Waals surface area (Å²) in [6, 6.07) is 10.4. The second-order valence-electron chi connectivity index (χ2n) is 7.29. The highest BCUT2D eigenvalue weighted by atomic mass is 32.2. The lowest BCUT2D eigenvalue weighted by atomic mass is 10.1. The van der Waals surface area contributed by atoms with Crippen LogP contribution in [-0.4, -0.2) is 31.3 Å². The minimum atomic E-state index is -3.65. The van der Waals surface area contributed by atoms with Crippen molar-refractivity contribution in [1.29, 1.82) is 0 Å². The number of nitrogens with zero attached hydrogens (tertiary/aromatic N) is 1. The first-order valence-corrected chi connectivity index (χ1v) is 10.8. The Morgan fingerprint density at radius 1 is 1.03 bits per heavy atom. The van der Waals surface area contributed by atoms with Gasteiger partial charge in [0.2, 0.25) is 10.0 Å². The van der Waals surface area contributed by atoms with Crippen molar-refractivity contribution in [3.05, 3.63) is 58.1 Å². The van der Waals surface area contributed by atoms with Gasteiger partial charge in [-0.2, -0.15) is 0 Å². The van der Waals surface area contributed by atoms with Gasteiger partial charge in [-0.05, 0) is 56.0 Å². The number of nitrogens with one attached hydrogen (secondary N) is 3. The van der Waals surface area contributed by atoms with Crippen LogP contribution >= 0.6 is 0 Å². The summed E-state index contributed by atoms with van der Waals surface area (Å²) in [6.07, 6.45) is 3.57. The normalized spacial score (nSPS) is 16.3. The van der Waals surface area contributed by atoms with Crippen LogP contribution in [0.5, 0.6) is 0 Å². The Morgan fingerprint density at radius 2 is 1.76 bits per heavy atom. The lowest BCUT2D eigenvalue weighted by Gasteiger charge is -2.10. The molecule has 4 rings (SSSR count). The molecule has 29 heavy (non-hydrogen) atoms. The van der Waals surface area contributed by atoms with Crippen molar-refractivity contribution in [2.75, 3.05) is 10.6 Å². The highest BCUT2D eigenvalue weighted by molar-refractivity contribution is 7.89. The number of anilines is 2. The zero-order valence-corrected chi connectivity index (χ0v) is 16.2. The highest BCUT2D eigenvalue weighted by Gasteiger charge is 2.28. The molecule has 10 heteroatoms. The van der Waals surface area contributed by atoms with E-state index in [2.05, 4.69) is 15.4 Å². The van der Waals surface area contributed by atoms with E-state index in [4.69, 9.17) is 0 Å². The third-order valence-electron chi connectivity index (χ3n) is 4.69. The van der Waals surface area contributed by atoms with Gasteiger partial charge in [-0.15, -0.1) is 0 Å². The molecule has 0 saturated heterocycles. The van der Waals surface area contributed by atoms with Crippen molar-refractivity contribution < 1.29 is 18.1 Å². The summed E-state index contributed by atoms with van der Waals surface area (Å²) in [5, 5.41) is 17.0. The van der Waals surface area contributed by atoms with Crippen LogP contribution in [0.1, 0.15) is 36.0 Å². The maximum absolute atomic E-state index is 12.6. The van der Waals surface area contributed by atoms with Gasteiger partial charge in [-0.25, -0.2) is 13.1 Å². The molecule has 2 aromatic rings. The van der Waals surface area contributed by atoms with E-state index < -0.39 is 20.9 Å². The van der Waals surface area contributed by atoms with Crippen LogP contribution in [0.2, 0.25) is 0 Å².